The second kappa shape index (κ2) is 7.27. The van der Waals surface area contributed by atoms with Crippen LogP contribution in [0.4, 0.5) is 8.78 Å². The summed E-state index contributed by atoms with van der Waals surface area (Å²) in [6.45, 7) is 0. The summed E-state index contributed by atoms with van der Waals surface area (Å²) in [5.41, 5.74) is 1.53. The lowest BCUT2D eigenvalue weighted by Crippen LogP contribution is -1.95. The number of benzene rings is 2. The van der Waals surface area contributed by atoms with Crippen LogP contribution in [0.2, 0.25) is 0 Å². The molecular weight excluding hydrogens is 422 g/mol. The number of phenolic OH excluding ortho intramolecular Hbond substituents is 1. The summed E-state index contributed by atoms with van der Waals surface area (Å²) in [6, 6.07) is 15.5. The second-order valence-electron chi connectivity index (χ2n) is 7.29. The van der Waals surface area contributed by atoms with Gasteiger partial charge in [0.15, 0.2) is 0 Å². The molecular formula is C26H10F2N4O. The molecule has 2 aliphatic rings. The van der Waals surface area contributed by atoms with E-state index in [0.717, 1.165) is 18.2 Å². The van der Waals surface area contributed by atoms with Crippen molar-refractivity contribution in [1.29, 1.82) is 15.8 Å². The molecule has 5 nitrogen and oxygen atoms in total. The van der Waals surface area contributed by atoms with Crippen molar-refractivity contribution in [3.05, 3.63) is 99.8 Å². The highest BCUT2D eigenvalue weighted by Gasteiger charge is 2.40. The molecule has 5 rings (SSSR count). The molecule has 0 radical (unpaired) electrons. The molecule has 154 valence electrons. The minimum absolute atomic E-state index is 0.0449. The van der Waals surface area contributed by atoms with Crippen LogP contribution in [0, 0.1) is 45.6 Å². The number of hydrogen-bond acceptors (Lipinski definition) is 5. The Bertz CT molecular complexity index is 1610. The molecule has 1 aromatic heterocycles. The molecule has 0 unspecified atom stereocenters. The standard InChI is InChI=1S/C26H10F2N4O/c27-17-6-7-18(28)25-20(13(11-30)12-31)24(15(8-9-29)22(17)25)21-14-3-1-5-19(33)23(14)26-16(21)4-2-10-32-26/h1-8,10,33H/b15-8?,24-21+. The van der Waals surface area contributed by atoms with E-state index in [1.807, 2.05) is 6.07 Å². The first-order valence-corrected chi connectivity index (χ1v) is 9.69. The van der Waals surface area contributed by atoms with Gasteiger partial charge in [0.2, 0.25) is 0 Å². The van der Waals surface area contributed by atoms with Gasteiger partial charge in [-0.1, -0.05) is 18.2 Å². The molecule has 0 saturated carbocycles. The van der Waals surface area contributed by atoms with Gasteiger partial charge in [0.25, 0.3) is 0 Å². The van der Waals surface area contributed by atoms with E-state index in [2.05, 4.69) is 4.98 Å². The SMILES string of the molecule is N#CC=C1/C(=C2\c3cccnc3-c3c(O)cccc32)C(=C(C#N)C#N)c2c(F)ccc(F)c21. The number of nitriles is 3. The Morgan fingerprint density at radius 2 is 1.55 bits per heavy atom. The van der Waals surface area contributed by atoms with Crippen LogP contribution in [0.3, 0.4) is 0 Å². The average Bonchev–Trinajstić information content (AvgIpc) is 3.32. The molecule has 33 heavy (non-hydrogen) atoms. The maximum absolute atomic E-state index is 15.1. The Labute approximate surface area is 186 Å². The molecule has 0 atom stereocenters. The number of pyridine rings is 1. The third-order valence-electron chi connectivity index (χ3n) is 5.70. The summed E-state index contributed by atoms with van der Waals surface area (Å²) < 4.78 is 30.1. The van der Waals surface area contributed by atoms with Gasteiger partial charge in [-0.15, -0.1) is 0 Å². The molecule has 1 N–H and O–H groups in total. The first-order valence-electron chi connectivity index (χ1n) is 9.69. The van der Waals surface area contributed by atoms with Crippen LogP contribution in [0.5, 0.6) is 5.75 Å². The van der Waals surface area contributed by atoms with Crippen molar-refractivity contribution >= 4 is 16.7 Å². The van der Waals surface area contributed by atoms with Crippen LogP contribution in [0.15, 0.2) is 65.9 Å². The van der Waals surface area contributed by atoms with E-state index >= 15 is 8.78 Å². The van der Waals surface area contributed by atoms with Crippen LogP contribution >= 0.6 is 0 Å². The third kappa shape index (κ3) is 2.62. The Hall–Kier alpha value is -5.06. The van der Waals surface area contributed by atoms with Crippen molar-refractivity contribution in [3.8, 4) is 35.2 Å². The first kappa shape index (κ1) is 19.9. The summed E-state index contributed by atoms with van der Waals surface area (Å²) in [5.74, 6) is -1.67. The van der Waals surface area contributed by atoms with Crippen LogP contribution in [0.25, 0.3) is 28.0 Å². The van der Waals surface area contributed by atoms with Crippen molar-refractivity contribution in [2.75, 3.05) is 0 Å². The van der Waals surface area contributed by atoms with E-state index in [4.69, 9.17) is 0 Å². The average molecular weight is 432 g/mol. The topological polar surface area (TPSA) is 104 Å². The molecule has 3 aromatic rings. The van der Waals surface area contributed by atoms with Crippen molar-refractivity contribution in [1.82, 2.24) is 4.98 Å². The Kier molecular flexibility index (Phi) is 4.38. The zero-order valence-corrected chi connectivity index (χ0v) is 16.7. The minimum Gasteiger partial charge on any atom is -0.507 e. The van der Waals surface area contributed by atoms with E-state index in [1.165, 1.54) is 6.07 Å². The predicted molar refractivity (Wildman–Crippen MR) is 115 cm³/mol. The molecule has 7 heteroatoms. The Morgan fingerprint density at radius 3 is 2.24 bits per heavy atom. The fourth-order valence-electron chi connectivity index (χ4n) is 4.52. The van der Waals surface area contributed by atoms with Gasteiger partial charge in [0.1, 0.15) is 35.1 Å². The van der Waals surface area contributed by atoms with Gasteiger partial charge < -0.3 is 5.11 Å². The molecule has 0 bridgehead atoms. The number of halogens is 2. The van der Waals surface area contributed by atoms with Gasteiger partial charge in [-0.25, -0.2) is 8.78 Å². The maximum Gasteiger partial charge on any atom is 0.138 e. The number of aromatic hydroxyl groups is 1. The highest BCUT2D eigenvalue weighted by molar-refractivity contribution is 6.20. The van der Waals surface area contributed by atoms with Gasteiger partial charge in [0.05, 0.1) is 17.3 Å². The summed E-state index contributed by atoms with van der Waals surface area (Å²) in [5, 5.41) is 39.4. The van der Waals surface area contributed by atoms with Gasteiger partial charge >= 0.3 is 0 Å². The number of hydrogen-bond donors (Lipinski definition) is 1. The monoisotopic (exact) mass is 432 g/mol. The molecule has 0 saturated heterocycles. The van der Waals surface area contributed by atoms with Crippen LogP contribution in [-0.4, -0.2) is 10.1 Å². The molecule has 0 spiro atoms. The van der Waals surface area contributed by atoms with E-state index in [9.17, 15) is 20.9 Å². The van der Waals surface area contributed by atoms with Gasteiger partial charge in [-0.2, -0.15) is 15.8 Å². The third-order valence-corrected chi connectivity index (χ3v) is 5.70. The predicted octanol–water partition coefficient (Wildman–Crippen LogP) is 5.27. The molecule has 0 aliphatic heterocycles. The summed E-state index contributed by atoms with van der Waals surface area (Å²) in [7, 11) is 0. The fourth-order valence-corrected chi connectivity index (χ4v) is 4.52. The first-order chi connectivity index (χ1) is 16.0. The zero-order valence-electron chi connectivity index (χ0n) is 16.7. The van der Waals surface area contributed by atoms with Gasteiger partial charge in [0, 0.05) is 51.3 Å². The van der Waals surface area contributed by atoms with Gasteiger partial charge in [-0.05, 0) is 29.8 Å². The number of fused-ring (bicyclic) bond motifs is 4. The highest BCUT2D eigenvalue weighted by atomic mass is 19.1. The largest absolute Gasteiger partial charge is 0.507 e. The van der Waals surface area contributed by atoms with Crippen molar-refractivity contribution < 1.29 is 13.9 Å². The Morgan fingerprint density at radius 1 is 0.848 bits per heavy atom. The molecule has 0 fully saturated rings. The van der Waals surface area contributed by atoms with E-state index < -0.39 is 17.2 Å². The van der Waals surface area contributed by atoms with E-state index in [0.29, 0.717) is 28.0 Å². The summed E-state index contributed by atoms with van der Waals surface area (Å²) in [4.78, 5) is 4.38. The number of phenols is 1. The lowest BCUT2D eigenvalue weighted by Gasteiger charge is -2.12. The van der Waals surface area contributed by atoms with Crippen LogP contribution < -0.4 is 0 Å². The Balaban J connectivity index is 2.07. The number of aromatic nitrogens is 1. The highest BCUT2D eigenvalue weighted by Crippen LogP contribution is 2.57. The van der Waals surface area contributed by atoms with Crippen molar-refractivity contribution in [3.63, 3.8) is 0 Å². The van der Waals surface area contributed by atoms with Crippen LogP contribution in [0.1, 0.15) is 22.3 Å². The second-order valence-corrected chi connectivity index (χ2v) is 7.29. The van der Waals surface area contributed by atoms with E-state index in [-0.39, 0.29) is 33.6 Å². The van der Waals surface area contributed by atoms with Crippen LogP contribution in [-0.2, 0) is 0 Å². The quantitative estimate of drug-likeness (QED) is 0.381. The normalized spacial score (nSPS) is 16.5. The summed E-state index contributed by atoms with van der Waals surface area (Å²) >= 11 is 0. The molecule has 0 amide bonds. The lowest BCUT2D eigenvalue weighted by atomic mass is 9.89. The summed E-state index contributed by atoms with van der Waals surface area (Å²) in [6.07, 6.45) is 2.62. The van der Waals surface area contributed by atoms with E-state index in [1.54, 1.807) is 42.6 Å². The number of rotatable bonds is 0. The maximum atomic E-state index is 15.1. The molecule has 2 aliphatic carbocycles. The fraction of sp³-hybridized carbons (Fsp3) is 0. The zero-order chi connectivity index (χ0) is 23.3. The lowest BCUT2D eigenvalue weighted by molar-refractivity contribution is 0.477. The molecule has 1 heterocycles. The minimum atomic E-state index is -0.829. The van der Waals surface area contributed by atoms with Crippen molar-refractivity contribution in [2.24, 2.45) is 0 Å². The number of allylic oxidation sites excluding steroid dienone is 5. The van der Waals surface area contributed by atoms with Gasteiger partial charge in [-0.3, -0.25) is 4.98 Å². The smallest absolute Gasteiger partial charge is 0.138 e. The van der Waals surface area contributed by atoms with Crippen molar-refractivity contribution in [2.45, 2.75) is 0 Å². The number of nitrogens with zero attached hydrogens (tertiary/aromatic N) is 4. The molecule has 2 aromatic carbocycles.